The van der Waals surface area contributed by atoms with Crippen molar-refractivity contribution in [1.82, 2.24) is 9.13 Å². The number of para-hydroxylation sites is 4. The van der Waals surface area contributed by atoms with Crippen LogP contribution in [-0.2, 0) is 5.54 Å². The predicted octanol–water partition coefficient (Wildman–Crippen LogP) is 15.3. The van der Waals surface area contributed by atoms with E-state index >= 15 is 0 Å². The molecule has 0 radical (unpaired) electrons. The molecule has 62 heavy (non-hydrogen) atoms. The number of rotatable bonds is 6. The fraction of sp³-hybridized carbons (Fsp3) is 0.0169. The van der Waals surface area contributed by atoms with E-state index in [0.717, 1.165) is 22.7 Å². The summed E-state index contributed by atoms with van der Waals surface area (Å²) in [5.41, 5.74) is 14.9. The average molecular weight is 790 g/mol. The van der Waals surface area contributed by atoms with Gasteiger partial charge in [-0.25, -0.2) is 0 Å². The van der Waals surface area contributed by atoms with Gasteiger partial charge in [0, 0.05) is 44.3 Å². The first-order chi connectivity index (χ1) is 30.8. The Labute approximate surface area is 359 Å². The highest BCUT2D eigenvalue weighted by Crippen LogP contribution is 2.56. The molecule has 0 bridgehead atoms. The van der Waals surface area contributed by atoms with Gasteiger partial charge in [-0.1, -0.05) is 164 Å². The van der Waals surface area contributed by atoms with Gasteiger partial charge in [-0.2, -0.15) is 0 Å². The Morgan fingerprint density at radius 1 is 0.323 bits per heavy atom. The third-order valence-corrected chi connectivity index (χ3v) is 13.3. The average Bonchev–Trinajstić information content (AvgIpc) is 3.96. The lowest BCUT2D eigenvalue weighted by Crippen LogP contribution is -2.35. The normalized spacial score (nSPS) is 13.0. The van der Waals surface area contributed by atoms with Gasteiger partial charge < -0.3 is 14.0 Å². The summed E-state index contributed by atoms with van der Waals surface area (Å²) < 4.78 is 5.05. The van der Waals surface area contributed by atoms with Crippen molar-refractivity contribution in [1.29, 1.82) is 0 Å². The van der Waals surface area contributed by atoms with Crippen LogP contribution in [0.5, 0.6) is 0 Å². The van der Waals surface area contributed by atoms with Crippen LogP contribution in [0.15, 0.2) is 237 Å². The van der Waals surface area contributed by atoms with E-state index in [-0.39, 0.29) is 0 Å². The van der Waals surface area contributed by atoms with E-state index in [2.05, 4.69) is 251 Å². The molecule has 0 saturated heterocycles. The first-order valence-corrected chi connectivity index (χ1v) is 21.4. The molecule has 2 aromatic heterocycles. The maximum Gasteiger partial charge on any atom is 0.122 e. The second-order valence-corrected chi connectivity index (χ2v) is 16.5. The van der Waals surface area contributed by atoms with Crippen LogP contribution in [0, 0.1) is 0 Å². The summed E-state index contributed by atoms with van der Waals surface area (Å²) in [5, 5.41) is 7.36. The number of hydrogen-bond acceptors (Lipinski definition) is 1. The summed E-state index contributed by atoms with van der Waals surface area (Å²) >= 11 is 0. The van der Waals surface area contributed by atoms with Crippen molar-refractivity contribution in [3.63, 3.8) is 0 Å². The molecule has 290 valence electrons. The monoisotopic (exact) mass is 789 g/mol. The van der Waals surface area contributed by atoms with Crippen LogP contribution in [0.4, 0.5) is 17.1 Å². The van der Waals surface area contributed by atoms with Crippen molar-refractivity contribution < 1.29 is 0 Å². The number of aromatic nitrogens is 2. The third kappa shape index (κ3) is 4.88. The van der Waals surface area contributed by atoms with Crippen LogP contribution in [0.3, 0.4) is 0 Å². The molecule has 0 unspecified atom stereocenters. The molecule has 0 fully saturated rings. The lowest BCUT2D eigenvalue weighted by molar-refractivity contribution is 0.564. The number of fused-ring (bicyclic) bond motifs is 10. The summed E-state index contributed by atoms with van der Waals surface area (Å²) in [6.45, 7) is 0. The second-order valence-electron chi connectivity index (χ2n) is 16.5. The Balaban J connectivity index is 1.12. The van der Waals surface area contributed by atoms with E-state index in [0.29, 0.717) is 0 Å². The molecule has 2 heterocycles. The summed E-state index contributed by atoms with van der Waals surface area (Å²) in [4.78, 5) is 2.43. The van der Waals surface area contributed by atoms with E-state index in [1.807, 2.05) is 0 Å². The smallest absolute Gasteiger partial charge is 0.122 e. The standard InChI is InChI=1S/C59H39N3/c1-3-19-43(20-4-1)60(45-34-36-56-52(38-45)50-26-11-15-29-55(50)61(56)44-21-5-2-6-22-44)46-33-35-51-49-25-12-16-30-57(49)62(58(51)39-46)59(42-32-31-40-17-7-8-18-41(40)37-42)53-27-13-9-23-47(53)48-24-10-14-28-54(48)59/h1-39H. The molecule has 10 aromatic carbocycles. The molecule has 3 nitrogen and oxygen atoms in total. The molecule has 0 atom stereocenters. The quantitative estimate of drug-likeness (QED) is 0.164. The molecular formula is C59H39N3. The number of nitrogens with zero attached hydrogens (tertiary/aromatic N) is 3. The minimum absolute atomic E-state index is 0.674. The molecule has 1 aliphatic carbocycles. The van der Waals surface area contributed by atoms with Gasteiger partial charge in [0.15, 0.2) is 0 Å². The molecule has 0 amide bonds. The van der Waals surface area contributed by atoms with Gasteiger partial charge >= 0.3 is 0 Å². The van der Waals surface area contributed by atoms with Gasteiger partial charge in [-0.05, 0) is 111 Å². The topological polar surface area (TPSA) is 13.1 Å². The largest absolute Gasteiger partial charge is 0.322 e. The highest BCUT2D eigenvalue weighted by atomic mass is 15.2. The maximum absolute atomic E-state index is 2.66. The Morgan fingerprint density at radius 3 is 1.63 bits per heavy atom. The van der Waals surface area contributed by atoms with Crippen molar-refractivity contribution in [3.8, 4) is 16.8 Å². The van der Waals surface area contributed by atoms with Crippen LogP contribution in [0.1, 0.15) is 16.7 Å². The SMILES string of the molecule is c1ccc(N(c2ccc3c(c2)c2ccccc2n3-c2ccccc2)c2ccc3c4ccccc4n(C4(c5ccc6ccccc6c5)c5ccccc5-c5ccccc54)c3c2)cc1. The predicted molar refractivity (Wildman–Crippen MR) is 260 cm³/mol. The second kappa shape index (κ2) is 13.4. The molecule has 0 spiro atoms. The maximum atomic E-state index is 2.66. The van der Waals surface area contributed by atoms with Crippen molar-refractivity contribution in [2.45, 2.75) is 5.54 Å². The van der Waals surface area contributed by atoms with E-state index in [1.165, 1.54) is 82.2 Å². The number of benzene rings is 10. The van der Waals surface area contributed by atoms with E-state index in [9.17, 15) is 0 Å². The van der Waals surface area contributed by atoms with Crippen molar-refractivity contribution in [2.24, 2.45) is 0 Å². The van der Waals surface area contributed by atoms with Gasteiger partial charge in [0.2, 0.25) is 0 Å². The zero-order chi connectivity index (χ0) is 40.8. The van der Waals surface area contributed by atoms with Crippen molar-refractivity contribution in [3.05, 3.63) is 253 Å². The van der Waals surface area contributed by atoms with Crippen LogP contribution in [0.2, 0.25) is 0 Å². The molecule has 3 heteroatoms. The minimum atomic E-state index is -0.674. The minimum Gasteiger partial charge on any atom is -0.322 e. The third-order valence-electron chi connectivity index (χ3n) is 13.3. The Kier molecular flexibility index (Phi) is 7.52. The molecular weight excluding hydrogens is 751 g/mol. The first kappa shape index (κ1) is 34.7. The lowest BCUT2D eigenvalue weighted by Gasteiger charge is -2.37. The van der Waals surface area contributed by atoms with Gasteiger partial charge in [0.05, 0.1) is 22.1 Å². The highest BCUT2D eigenvalue weighted by molar-refractivity contribution is 6.12. The molecule has 12 aromatic rings. The van der Waals surface area contributed by atoms with Crippen LogP contribution in [-0.4, -0.2) is 9.13 Å². The molecule has 0 N–H and O–H groups in total. The van der Waals surface area contributed by atoms with Gasteiger partial charge in [-0.15, -0.1) is 0 Å². The molecule has 13 rings (SSSR count). The summed E-state index contributed by atoms with van der Waals surface area (Å²) in [6, 6.07) is 87.2. The van der Waals surface area contributed by atoms with Crippen LogP contribution < -0.4 is 4.90 Å². The molecule has 1 aliphatic rings. The van der Waals surface area contributed by atoms with E-state index in [1.54, 1.807) is 0 Å². The Bertz CT molecular complexity index is 3660. The van der Waals surface area contributed by atoms with Crippen LogP contribution >= 0.6 is 0 Å². The van der Waals surface area contributed by atoms with Crippen molar-refractivity contribution >= 4 is 71.4 Å². The van der Waals surface area contributed by atoms with E-state index < -0.39 is 5.54 Å². The fourth-order valence-corrected chi connectivity index (χ4v) is 10.7. The van der Waals surface area contributed by atoms with Crippen molar-refractivity contribution in [2.75, 3.05) is 4.90 Å². The Hall–Kier alpha value is -8.14. The molecule has 0 saturated carbocycles. The van der Waals surface area contributed by atoms with E-state index in [4.69, 9.17) is 0 Å². The van der Waals surface area contributed by atoms with Gasteiger partial charge in [0.1, 0.15) is 5.54 Å². The first-order valence-electron chi connectivity index (χ1n) is 21.4. The van der Waals surface area contributed by atoms with Gasteiger partial charge in [-0.3, -0.25) is 0 Å². The van der Waals surface area contributed by atoms with Crippen LogP contribution in [0.25, 0.3) is 71.2 Å². The summed E-state index contributed by atoms with van der Waals surface area (Å²) in [6.07, 6.45) is 0. The van der Waals surface area contributed by atoms with Gasteiger partial charge in [0.25, 0.3) is 0 Å². The zero-order valence-electron chi connectivity index (χ0n) is 33.9. The number of hydrogen-bond donors (Lipinski definition) is 0. The summed E-state index contributed by atoms with van der Waals surface area (Å²) in [7, 11) is 0. The fourth-order valence-electron chi connectivity index (χ4n) is 10.7. The highest BCUT2D eigenvalue weighted by Gasteiger charge is 2.47. The molecule has 0 aliphatic heterocycles. The number of anilines is 3. The lowest BCUT2D eigenvalue weighted by atomic mass is 9.79. The Morgan fingerprint density at radius 2 is 0.871 bits per heavy atom. The zero-order valence-corrected chi connectivity index (χ0v) is 33.9. The summed E-state index contributed by atoms with van der Waals surface area (Å²) in [5.74, 6) is 0.